The second kappa shape index (κ2) is 7.35. The molecule has 5 rings (SSSR count). The highest BCUT2D eigenvalue weighted by Crippen LogP contribution is 2.32. The lowest BCUT2D eigenvalue weighted by Crippen LogP contribution is -2.30. The molecule has 3 amide bonds. The van der Waals surface area contributed by atoms with Crippen molar-refractivity contribution in [1.29, 1.82) is 0 Å². The molecule has 0 saturated heterocycles. The molecule has 2 heterocycles. The molecule has 1 aromatic heterocycles. The van der Waals surface area contributed by atoms with Crippen LogP contribution in [0.5, 0.6) is 0 Å². The van der Waals surface area contributed by atoms with Crippen LogP contribution in [0.3, 0.4) is 0 Å². The van der Waals surface area contributed by atoms with Crippen LogP contribution < -0.4 is 10.2 Å². The van der Waals surface area contributed by atoms with Crippen LogP contribution in [0.25, 0.3) is 10.2 Å². The molecule has 3 aromatic carbocycles. The summed E-state index contributed by atoms with van der Waals surface area (Å²) in [6, 6.07) is 14.1. The number of carbonyl (C=O) groups is 3. The van der Waals surface area contributed by atoms with Crippen LogP contribution in [0.4, 0.5) is 15.2 Å². The van der Waals surface area contributed by atoms with Crippen LogP contribution >= 0.6 is 11.3 Å². The van der Waals surface area contributed by atoms with Crippen molar-refractivity contribution in [2.45, 2.75) is 13.8 Å². The SMILES string of the molecule is Cc1ccc(N2C(=O)c3ccc(C(=O)Nc4nc5ccc(F)cc5s4)cc3C2=O)c(C)c1. The van der Waals surface area contributed by atoms with Crippen LogP contribution in [0, 0.1) is 19.7 Å². The number of rotatable bonds is 3. The number of thiazole rings is 1. The fraction of sp³-hybridized carbons (Fsp3) is 0.0833. The average Bonchev–Trinajstić information content (AvgIpc) is 3.26. The Bertz CT molecular complexity index is 1460. The van der Waals surface area contributed by atoms with Crippen molar-refractivity contribution < 1.29 is 18.8 Å². The zero-order valence-electron chi connectivity index (χ0n) is 17.1. The summed E-state index contributed by atoms with van der Waals surface area (Å²) in [6.45, 7) is 3.78. The second-order valence-corrected chi connectivity index (χ2v) is 8.61. The van der Waals surface area contributed by atoms with Gasteiger partial charge in [0.2, 0.25) is 0 Å². The van der Waals surface area contributed by atoms with Gasteiger partial charge in [-0.2, -0.15) is 0 Å². The molecule has 8 heteroatoms. The van der Waals surface area contributed by atoms with Gasteiger partial charge in [0.1, 0.15) is 5.82 Å². The number of nitrogens with zero attached hydrogens (tertiary/aromatic N) is 2. The summed E-state index contributed by atoms with van der Waals surface area (Å²) in [7, 11) is 0. The summed E-state index contributed by atoms with van der Waals surface area (Å²) in [6.07, 6.45) is 0. The number of aryl methyl sites for hydroxylation is 2. The molecule has 1 N–H and O–H groups in total. The topological polar surface area (TPSA) is 79.4 Å². The van der Waals surface area contributed by atoms with Gasteiger partial charge in [0.05, 0.1) is 27.0 Å². The maximum atomic E-state index is 13.4. The molecule has 0 saturated carbocycles. The Balaban J connectivity index is 1.44. The number of carbonyl (C=O) groups excluding carboxylic acids is 3. The lowest BCUT2D eigenvalue weighted by atomic mass is 10.1. The van der Waals surface area contributed by atoms with Gasteiger partial charge >= 0.3 is 0 Å². The Kier molecular flexibility index (Phi) is 4.60. The lowest BCUT2D eigenvalue weighted by Gasteiger charge is -2.16. The van der Waals surface area contributed by atoms with Gasteiger partial charge in [-0.3, -0.25) is 19.7 Å². The van der Waals surface area contributed by atoms with E-state index in [9.17, 15) is 18.8 Å². The molecule has 4 aromatic rings. The van der Waals surface area contributed by atoms with Gasteiger partial charge in [0.25, 0.3) is 17.7 Å². The van der Waals surface area contributed by atoms with E-state index in [0.29, 0.717) is 21.0 Å². The molecule has 6 nitrogen and oxygen atoms in total. The summed E-state index contributed by atoms with van der Waals surface area (Å²) in [5, 5.41) is 2.99. The largest absolute Gasteiger partial charge is 0.298 e. The summed E-state index contributed by atoms with van der Waals surface area (Å²) >= 11 is 1.15. The third-order valence-electron chi connectivity index (χ3n) is 5.31. The summed E-state index contributed by atoms with van der Waals surface area (Å²) < 4.78 is 14.0. The molecule has 0 bridgehead atoms. The molecular formula is C24H16FN3O3S. The van der Waals surface area contributed by atoms with E-state index in [1.165, 1.54) is 36.4 Å². The lowest BCUT2D eigenvalue weighted by molar-refractivity contribution is 0.0925. The molecule has 1 aliphatic rings. The summed E-state index contributed by atoms with van der Waals surface area (Å²) in [5.74, 6) is -1.74. The quantitative estimate of drug-likeness (QED) is 0.445. The fourth-order valence-electron chi connectivity index (χ4n) is 3.78. The maximum Gasteiger partial charge on any atom is 0.266 e. The molecule has 0 radical (unpaired) electrons. The molecule has 0 aliphatic carbocycles. The van der Waals surface area contributed by atoms with Gasteiger partial charge in [-0.25, -0.2) is 14.3 Å². The fourth-order valence-corrected chi connectivity index (χ4v) is 4.66. The number of hydrogen-bond donors (Lipinski definition) is 1. The van der Waals surface area contributed by atoms with Crippen LogP contribution in [0.2, 0.25) is 0 Å². The minimum atomic E-state index is -0.474. The average molecular weight is 445 g/mol. The van der Waals surface area contributed by atoms with Gasteiger partial charge in [0, 0.05) is 5.56 Å². The first-order chi connectivity index (χ1) is 15.3. The van der Waals surface area contributed by atoms with Crippen molar-refractivity contribution in [3.05, 3.63) is 88.2 Å². The molecule has 1 aliphatic heterocycles. The highest BCUT2D eigenvalue weighted by atomic mass is 32.1. The Morgan fingerprint density at radius 1 is 0.969 bits per heavy atom. The van der Waals surface area contributed by atoms with Gasteiger partial charge in [0.15, 0.2) is 5.13 Å². The first-order valence-corrected chi connectivity index (χ1v) is 10.6. The summed E-state index contributed by atoms with van der Waals surface area (Å²) in [5.41, 5.74) is 3.58. The number of imide groups is 1. The third kappa shape index (κ3) is 3.25. The van der Waals surface area contributed by atoms with Crippen molar-refractivity contribution in [2.75, 3.05) is 10.2 Å². The molecule has 0 spiro atoms. The number of hydrogen-bond acceptors (Lipinski definition) is 5. The zero-order valence-corrected chi connectivity index (χ0v) is 17.9. The normalized spacial score (nSPS) is 13.0. The van der Waals surface area contributed by atoms with Crippen LogP contribution in [-0.4, -0.2) is 22.7 Å². The Morgan fingerprint density at radius 3 is 2.53 bits per heavy atom. The minimum Gasteiger partial charge on any atom is -0.298 e. The number of aromatic nitrogens is 1. The smallest absolute Gasteiger partial charge is 0.266 e. The van der Waals surface area contributed by atoms with E-state index in [2.05, 4.69) is 10.3 Å². The van der Waals surface area contributed by atoms with Crippen molar-refractivity contribution in [1.82, 2.24) is 4.98 Å². The van der Waals surface area contributed by atoms with Crippen LogP contribution in [0.1, 0.15) is 42.2 Å². The molecule has 158 valence electrons. The molecule has 32 heavy (non-hydrogen) atoms. The van der Waals surface area contributed by atoms with Crippen LogP contribution in [0.15, 0.2) is 54.6 Å². The van der Waals surface area contributed by atoms with E-state index in [0.717, 1.165) is 27.4 Å². The number of anilines is 2. The molecule has 0 atom stereocenters. The standard InChI is InChI=1S/C24H16FN3O3S/c1-12-3-8-19(13(2)9-12)28-22(30)16-6-4-14(10-17(16)23(28)31)21(29)27-24-26-18-7-5-15(25)11-20(18)32-24/h3-11H,1-2H3,(H,26,27,29). The summed E-state index contributed by atoms with van der Waals surface area (Å²) in [4.78, 5) is 44.1. The van der Waals surface area contributed by atoms with E-state index in [4.69, 9.17) is 0 Å². The van der Waals surface area contributed by atoms with E-state index in [-0.39, 0.29) is 22.5 Å². The molecule has 0 fully saturated rings. The van der Waals surface area contributed by atoms with Gasteiger partial charge in [-0.05, 0) is 61.9 Å². The van der Waals surface area contributed by atoms with Crippen molar-refractivity contribution >= 4 is 50.1 Å². The highest BCUT2D eigenvalue weighted by Gasteiger charge is 2.37. The predicted molar refractivity (Wildman–Crippen MR) is 121 cm³/mol. The first kappa shape index (κ1) is 20.0. The highest BCUT2D eigenvalue weighted by molar-refractivity contribution is 7.22. The second-order valence-electron chi connectivity index (χ2n) is 7.58. The van der Waals surface area contributed by atoms with Crippen molar-refractivity contribution in [3.63, 3.8) is 0 Å². The Hall–Kier alpha value is -3.91. The van der Waals surface area contributed by atoms with E-state index >= 15 is 0 Å². The van der Waals surface area contributed by atoms with E-state index in [1.807, 2.05) is 26.0 Å². The number of nitrogens with one attached hydrogen (secondary N) is 1. The Morgan fingerprint density at radius 2 is 1.75 bits per heavy atom. The van der Waals surface area contributed by atoms with Gasteiger partial charge < -0.3 is 0 Å². The number of benzene rings is 3. The molecule has 0 unspecified atom stereocenters. The third-order valence-corrected chi connectivity index (χ3v) is 6.25. The zero-order chi connectivity index (χ0) is 22.6. The van der Waals surface area contributed by atoms with Crippen molar-refractivity contribution in [3.8, 4) is 0 Å². The number of amides is 3. The van der Waals surface area contributed by atoms with Gasteiger partial charge in [-0.1, -0.05) is 29.0 Å². The predicted octanol–water partition coefficient (Wildman–Crippen LogP) is 5.11. The van der Waals surface area contributed by atoms with Crippen LogP contribution in [-0.2, 0) is 0 Å². The monoisotopic (exact) mass is 445 g/mol. The van der Waals surface area contributed by atoms with E-state index in [1.54, 1.807) is 6.07 Å². The van der Waals surface area contributed by atoms with Crippen molar-refractivity contribution in [2.24, 2.45) is 0 Å². The first-order valence-electron chi connectivity index (χ1n) is 9.79. The van der Waals surface area contributed by atoms with E-state index < -0.39 is 17.7 Å². The minimum absolute atomic E-state index is 0.175. The maximum absolute atomic E-state index is 13.4. The number of halogens is 1. The Labute approximate surface area is 186 Å². The molecular weight excluding hydrogens is 429 g/mol. The van der Waals surface area contributed by atoms with Gasteiger partial charge in [-0.15, -0.1) is 0 Å². The number of fused-ring (bicyclic) bond motifs is 2.